The topological polar surface area (TPSA) is 34.1 Å². The van der Waals surface area contributed by atoms with E-state index in [4.69, 9.17) is 0 Å². The second-order valence-electron chi connectivity index (χ2n) is 8.34. The van der Waals surface area contributed by atoms with Crippen LogP contribution in [0.1, 0.15) is 50.1 Å². The first-order chi connectivity index (χ1) is 16.2. The maximum absolute atomic E-state index is 13.9. The molecule has 0 bridgehead atoms. The molecule has 0 aromatic heterocycles. The van der Waals surface area contributed by atoms with E-state index in [0.29, 0.717) is 6.42 Å². The van der Waals surface area contributed by atoms with E-state index in [0.717, 1.165) is 41.8 Å². The lowest BCUT2D eigenvalue weighted by molar-refractivity contribution is 0.0914. The summed E-state index contributed by atoms with van der Waals surface area (Å²) in [7, 11) is 0. The van der Waals surface area contributed by atoms with Crippen LogP contribution < -0.4 is 0 Å². The molecule has 2 atom stereocenters. The van der Waals surface area contributed by atoms with Crippen LogP contribution in [0.25, 0.3) is 0 Å². The van der Waals surface area contributed by atoms with E-state index in [1.54, 1.807) is 23.5 Å². The van der Waals surface area contributed by atoms with E-state index in [-0.39, 0.29) is 23.4 Å². The molecule has 0 amide bonds. The third-order valence-electron chi connectivity index (χ3n) is 6.44. The highest BCUT2D eigenvalue weighted by Gasteiger charge is 2.37. The lowest BCUT2D eigenvalue weighted by Crippen LogP contribution is -2.21. The Bertz CT molecular complexity index is 1300. The second kappa shape index (κ2) is 8.36. The molecular weight excluding hydrogens is 444 g/mol. The predicted molar refractivity (Wildman–Crippen MR) is 133 cm³/mol. The first kappa shape index (κ1) is 20.5. The van der Waals surface area contributed by atoms with Gasteiger partial charge in [0.05, 0.1) is 0 Å². The molecule has 0 fully saturated rings. The zero-order valence-corrected chi connectivity index (χ0v) is 19.4. The highest BCUT2D eigenvalue weighted by atomic mass is 32.2. The Labute approximate surface area is 201 Å². The number of carbonyl (C=O) groups is 2. The first-order valence-corrected chi connectivity index (χ1v) is 12.6. The van der Waals surface area contributed by atoms with Gasteiger partial charge in [0.2, 0.25) is 0 Å². The number of ketones is 2. The minimum atomic E-state index is -0.380. The number of carbonyl (C=O) groups excluding carboxylic acids is 2. The van der Waals surface area contributed by atoms with Gasteiger partial charge < -0.3 is 0 Å². The molecule has 0 aliphatic carbocycles. The second-order valence-corrected chi connectivity index (χ2v) is 10.5. The van der Waals surface area contributed by atoms with Gasteiger partial charge in [0.1, 0.15) is 0 Å². The van der Waals surface area contributed by atoms with Crippen LogP contribution in [-0.2, 0) is 0 Å². The average molecular weight is 465 g/mol. The monoisotopic (exact) mass is 464 g/mol. The minimum absolute atomic E-state index is 0.0958. The van der Waals surface area contributed by atoms with Gasteiger partial charge in [-0.05, 0) is 41.8 Å². The largest absolute Gasteiger partial charge is 0.293 e. The molecule has 33 heavy (non-hydrogen) atoms. The van der Waals surface area contributed by atoms with Crippen LogP contribution in [0.15, 0.2) is 117 Å². The Hall–Kier alpha value is -3.08. The molecule has 0 saturated heterocycles. The maximum Gasteiger partial charge on any atom is 0.171 e. The standard InChI is InChI=1S/C29H20O2S2/c30-28-20-11-3-7-15-26(20)32-24-13-5-1-9-18(24)22(28)17-23-19-10-2-6-14-25(19)33-27-16-8-4-12-21(27)29(23)31/h1-16,22-23H,17H2. The molecule has 2 aliphatic rings. The molecule has 2 unspecified atom stereocenters. The number of Topliss-reactive ketones (excluding diaryl/α,β-unsaturated/α-hetero) is 2. The van der Waals surface area contributed by atoms with Crippen LogP contribution in [0.3, 0.4) is 0 Å². The van der Waals surface area contributed by atoms with Crippen molar-refractivity contribution in [3.63, 3.8) is 0 Å². The van der Waals surface area contributed by atoms with Gasteiger partial charge >= 0.3 is 0 Å². The Balaban J connectivity index is 1.50. The van der Waals surface area contributed by atoms with Crippen molar-refractivity contribution in [2.45, 2.75) is 37.8 Å². The van der Waals surface area contributed by atoms with E-state index < -0.39 is 0 Å². The van der Waals surface area contributed by atoms with Crippen molar-refractivity contribution in [3.8, 4) is 0 Å². The zero-order valence-electron chi connectivity index (χ0n) is 17.7. The summed E-state index contributed by atoms with van der Waals surface area (Å²) in [6, 6.07) is 31.9. The molecular formula is C29H20O2S2. The first-order valence-electron chi connectivity index (χ1n) is 11.0. The molecule has 0 N–H and O–H groups in total. The van der Waals surface area contributed by atoms with Gasteiger partial charge in [0.25, 0.3) is 0 Å². The van der Waals surface area contributed by atoms with Gasteiger partial charge in [-0.25, -0.2) is 0 Å². The van der Waals surface area contributed by atoms with Gasteiger partial charge in [-0.2, -0.15) is 0 Å². The third-order valence-corrected chi connectivity index (χ3v) is 8.77. The van der Waals surface area contributed by atoms with Crippen molar-refractivity contribution in [2.75, 3.05) is 0 Å². The van der Waals surface area contributed by atoms with Crippen LogP contribution in [0.2, 0.25) is 0 Å². The summed E-state index contributed by atoms with van der Waals surface area (Å²) in [5, 5.41) is 0. The van der Waals surface area contributed by atoms with Crippen LogP contribution >= 0.6 is 23.5 Å². The maximum atomic E-state index is 13.9. The van der Waals surface area contributed by atoms with E-state index >= 15 is 0 Å². The number of hydrogen-bond donors (Lipinski definition) is 0. The summed E-state index contributed by atoms with van der Waals surface area (Å²) in [6.45, 7) is 0. The zero-order chi connectivity index (χ0) is 22.4. The Morgan fingerprint density at radius 2 is 0.848 bits per heavy atom. The van der Waals surface area contributed by atoms with Crippen molar-refractivity contribution >= 4 is 35.1 Å². The Kier molecular flexibility index (Phi) is 5.20. The normalized spacial score (nSPS) is 18.9. The number of benzene rings is 4. The summed E-state index contributed by atoms with van der Waals surface area (Å²) in [5.41, 5.74) is 3.51. The molecule has 0 saturated carbocycles. The van der Waals surface area contributed by atoms with Crippen LogP contribution in [0, 0.1) is 0 Å². The van der Waals surface area contributed by atoms with E-state index in [1.165, 1.54) is 0 Å². The van der Waals surface area contributed by atoms with Crippen LogP contribution in [0.4, 0.5) is 0 Å². The van der Waals surface area contributed by atoms with Crippen LogP contribution in [0.5, 0.6) is 0 Å². The molecule has 4 heteroatoms. The quantitative estimate of drug-likeness (QED) is 0.305. The SMILES string of the molecule is O=C1c2ccccc2Sc2ccccc2C1CC1C(=O)c2ccccc2Sc2ccccc21. The summed E-state index contributed by atoms with van der Waals surface area (Å²) >= 11 is 3.28. The molecule has 2 heterocycles. The molecule has 160 valence electrons. The highest BCUT2D eigenvalue weighted by molar-refractivity contribution is 7.99. The van der Waals surface area contributed by atoms with Gasteiger partial charge in [0, 0.05) is 42.5 Å². The highest BCUT2D eigenvalue weighted by Crippen LogP contribution is 2.48. The summed E-state index contributed by atoms with van der Waals surface area (Å²) in [6.07, 6.45) is 0.454. The molecule has 0 spiro atoms. The summed E-state index contributed by atoms with van der Waals surface area (Å²) < 4.78 is 0. The van der Waals surface area contributed by atoms with Gasteiger partial charge in [0.15, 0.2) is 11.6 Å². The third kappa shape index (κ3) is 3.54. The fourth-order valence-electron chi connectivity index (χ4n) is 4.84. The number of rotatable bonds is 2. The van der Waals surface area contributed by atoms with E-state index in [1.807, 2.05) is 84.9 Å². The fraction of sp³-hybridized carbons (Fsp3) is 0.103. The van der Waals surface area contributed by atoms with E-state index in [9.17, 15) is 9.59 Å². The predicted octanol–water partition coefficient (Wildman–Crippen LogP) is 7.64. The van der Waals surface area contributed by atoms with Crippen molar-refractivity contribution in [1.82, 2.24) is 0 Å². The molecule has 6 rings (SSSR count). The molecule has 2 aliphatic heterocycles. The van der Waals surface area contributed by atoms with Crippen molar-refractivity contribution < 1.29 is 9.59 Å². The van der Waals surface area contributed by atoms with Crippen molar-refractivity contribution in [2.24, 2.45) is 0 Å². The van der Waals surface area contributed by atoms with Crippen molar-refractivity contribution in [1.29, 1.82) is 0 Å². The molecule has 4 aromatic carbocycles. The lowest BCUT2D eigenvalue weighted by Gasteiger charge is -2.23. The molecule has 0 radical (unpaired) electrons. The van der Waals surface area contributed by atoms with Gasteiger partial charge in [-0.3, -0.25) is 9.59 Å². The number of hydrogen-bond acceptors (Lipinski definition) is 4. The van der Waals surface area contributed by atoms with Crippen molar-refractivity contribution in [3.05, 3.63) is 119 Å². The Morgan fingerprint density at radius 1 is 0.485 bits per heavy atom. The lowest BCUT2D eigenvalue weighted by atomic mass is 9.78. The average Bonchev–Trinajstić information content (AvgIpc) is 3.05. The van der Waals surface area contributed by atoms with Crippen LogP contribution in [-0.4, -0.2) is 11.6 Å². The Morgan fingerprint density at radius 3 is 1.30 bits per heavy atom. The van der Waals surface area contributed by atoms with E-state index in [2.05, 4.69) is 12.1 Å². The van der Waals surface area contributed by atoms with Gasteiger partial charge in [-0.1, -0.05) is 96.3 Å². The summed E-state index contributed by atoms with van der Waals surface area (Å²) in [5.74, 6) is -0.568. The number of fused-ring (bicyclic) bond motifs is 4. The minimum Gasteiger partial charge on any atom is -0.293 e. The van der Waals surface area contributed by atoms with Gasteiger partial charge in [-0.15, -0.1) is 0 Å². The molecule has 4 aromatic rings. The molecule has 2 nitrogen and oxygen atoms in total. The summed E-state index contributed by atoms with van der Waals surface area (Å²) in [4.78, 5) is 31.9. The fourth-order valence-corrected chi connectivity index (χ4v) is 7.11. The smallest absolute Gasteiger partial charge is 0.171 e.